The Morgan fingerprint density at radius 1 is 1.17 bits per heavy atom. The minimum Gasteiger partial charge on any atom is -0.493 e. The third-order valence-corrected chi connectivity index (χ3v) is 6.51. The van der Waals surface area contributed by atoms with Crippen molar-refractivity contribution in [1.29, 1.82) is 0 Å². The monoisotopic (exact) mass is 486 g/mol. The van der Waals surface area contributed by atoms with Gasteiger partial charge >= 0.3 is 0 Å². The van der Waals surface area contributed by atoms with E-state index in [0.717, 1.165) is 37.7 Å². The zero-order valence-corrected chi connectivity index (χ0v) is 19.0. The standard InChI is InChI=1S/C21H19BrN4O3S/c1-11-6-12(4-5-14(11)22)25-18(27)9-30-21-20-19(23-10-24-21)13-7-16(28-2)17(29-3)8-15(13)26-20/h4-8,10,26H,9H2,1-3H3,(H,25,27). The third kappa shape index (κ3) is 3.95. The second-order valence-corrected chi connectivity index (χ2v) is 8.40. The first kappa shape index (κ1) is 20.5. The van der Waals surface area contributed by atoms with Gasteiger partial charge in [0.2, 0.25) is 5.91 Å². The van der Waals surface area contributed by atoms with Crippen molar-refractivity contribution in [2.24, 2.45) is 0 Å². The molecule has 0 atom stereocenters. The number of halogens is 1. The summed E-state index contributed by atoms with van der Waals surface area (Å²) < 4.78 is 11.8. The van der Waals surface area contributed by atoms with Crippen molar-refractivity contribution in [3.8, 4) is 11.5 Å². The fourth-order valence-electron chi connectivity index (χ4n) is 3.16. The fraction of sp³-hybridized carbons (Fsp3) is 0.190. The van der Waals surface area contributed by atoms with Crippen LogP contribution in [-0.4, -0.2) is 40.8 Å². The summed E-state index contributed by atoms with van der Waals surface area (Å²) in [7, 11) is 3.19. The van der Waals surface area contributed by atoms with Gasteiger partial charge in [-0.25, -0.2) is 9.97 Å². The predicted molar refractivity (Wildman–Crippen MR) is 123 cm³/mol. The van der Waals surface area contributed by atoms with Crippen molar-refractivity contribution < 1.29 is 14.3 Å². The van der Waals surface area contributed by atoms with Crippen LogP contribution in [0, 0.1) is 6.92 Å². The molecule has 0 aliphatic heterocycles. The van der Waals surface area contributed by atoms with Gasteiger partial charge in [0.1, 0.15) is 16.9 Å². The molecule has 0 saturated heterocycles. The zero-order valence-electron chi connectivity index (χ0n) is 16.6. The maximum Gasteiger partial charge on any atom is 0.234 e. The number of carbonyl (C=O) groups excluding carboxylic acids is 1. The molecule has 0 aliphatic rings. The summed E-state index contributed by atoms with van der Waals surface area (Å²) >= 11 is 4.82. The van der Waals surface area contributed by atoms with Gasteiger partial charge in [-0.15, -0.1) is 0 Å². The molecule has 4 aromatic rings. The molecule has 2 aromatic carbocycles. The van der Waals surface area contributed by atoms with Crippen LogP contribution in [0.25, 0.3) is 21.9 Å². The third-order valence-electron chi connectivity index (χ3n) is 4.63. The van der Waals surface area contributed by atoms with Crippen LogP contribution in [0.4, 0.5) is 5.69 Å². The minimum absolute atomic E-state index is 0.104. The molecule has 0 spiro atoms. The molecular formula is C21H19BrN4O3S. The Kier molecular flexibility index (Phi) is 5.83. The topological polar surface area (TPSA) is 89.1 Å². The van der Waals surface area contributed by atoms with Crippen LogP contribution >= 0.6 is 27.7 Å². The van der Waals surface area contributed by atoms with Gasteiger partial charge in [-0.2, -0.15) is 0 Å². The highest BCUT2D eigenvalue weighted by Gasteiger charge is 2.16. The summed E-state index contributed by atoms with van der Waals surface area (Å²) in [6.07, 6.45) is 1.50. The van der Waals surface area contributed by atoms with Gasteiger partial charge in [-0.3, -0.25) is 4.79 Å². The molecule has 0 fully saturated rings. The molecule has 7 nitrogen and oxygen atoms in total. The van der Waals surface area contributed by atoms with Crippen LogP contribution in [0.1, 0.15) is 5.56 Å². The molecular weight excluding hydrogens is 468 g/mol. The van der Waals surface area contributed by atoms with Gasteiger partial charge in [0.15, 0.2) is 11.5 Å². The van der Waals surface area contributed by atoms with E-state index < -0.39 is 0 Å². The van der Waals surface area contributed by atoms with Crippen LogP contribution in [0.3, 0.4) is 0 Å². The van der Waals surface area contributed by atoms with E-state index in [1.807, 2.05) is 37.3 Å². The van der Waals surface area contributed by atoms with E-state index in [1.165, 1.54) is 18.1 Å². The number of anilines is 1. The number of benzene rings is 2. The Hall–Kier alpha value is -2.78. The van der Waals surface area contributed by atoms with Gasteiger partial charge in [0.25, 0.3) is 0 Å². The normalized spacial score (nSPS) is 11.1. The molecule has 4 rings (SSSR count). The summed E-state index contributed by atoms with van der Waals surface area (Å²) in [6.45, 7) is 1.98. The number of fused-ring (bicyclic) bond motifs is 3. The van der Waals surface area contributed by atoms with Crippen LogP contribution < -0.4 is 14.8 Å². The Labute approximate surface area is 185 Å². The van der Waals surface area contributed by atoms with Crippen molar-refractivity contribution in [3.05, 3.63) is 46.7 Å². The molecule has 0 aliphatic carbocycles. The Morgan fingerprint density at radius 2 is 1.93 bits per heavy atom. The van der Waals surface area contributed by atoms with Gasteiger partial charge < -0.3 is 19.8 Å². The lowest BCUT2D eigenvalue weighted by Crippen LogP contribution is -2.14. The Bertz CT molecular complexity index is 1260. The first-order valence-corrected chi connectivity index (χ1v) is 10.8. The maximum absolute atomic E-state index is 12.4. The van der Waals surface area contributed by atoms with Crippen LogP contribution in [0.15, 0.2) is 46.2 Å². The predicted octanol–water partition coefficient (Wildman–Crippen LogP) is 4.93. The number of aromatic nitrogens is 3. The van der Waals surface area contributed by atoms with Crippen molar-refractivity contribution >= 4 is 61.2 Å². The van der Waals surface area contributed by atoms with E-state index in [9.17, 15) is 4.79 Å². The van der Waals surface area contributed by atoms with Crippen molar-refractivity contribution in [2.45, 2.75) is 11.9 Å². The largest absolute Gasteiger partial charge is 0.493 e. The highest BCUT2D eigenvalue weighted by Crippen LogP contribution is 2.36. The molecule has 0 radical (unpaired) electrons. The van der Waals surface area contributed by atoms with E-state index in [1.54, 1.807) is 14.2 Å². The Morgan fingerprint density at radius 3 is 2.67 bits per heavy atom. The maximum atomic E-state index is 12.4. The lowest BCUT2D eigenvalue weighted by Gasteiger charge is -2.07. The quantitative estimate of drug-likeness (QED) is 0.296. The number of thioether (sulfide) groups is 1. The summed E-state index contributed by atoms with van der Waals surface area (Å²) in [6, 6.07) is 9.46. The molecule has 9 heteroatoms. The molecule has 0 saturated carbocycles. The van der Waals surface area contributed by atoms with E-state index in [4.69, 9.17) is 9.47 Å². The molecule has 30 heavy (non-hydrogen) atoms. The van der Waals surface area contributed by atoms with Crippen LogP contribution in [-0.2, 0) is 4.79 Å². The average Bonchev–Trinajstić information content (AvgIpc) is 3.11. The second kappa shape index (κ2) is 8.53. The van der Waals surface area contributed by atoms with E-state index in [-0.39, 0.29) is 11.7 Å². The molecule has 0 bridgehead atoms. The van der Waals surface area contributed by atoms with Crippen molar-refractivity contribution in [2.75, 3.05) is 25.3 Å². The molecule has 0 unspecified atom stereocenters. The number of amides is 1. The first-order valence-electron chi connectivity index (χ1n) is 9.07. The number of carbonyl (C=O) groups is 1. The molecule has 1 amide bonds. The highest BCUT2D eigenvalue weighted by molar-refractivity contribution is 9.10. The van der Waals surface area contributed by atoms with Crippen molar-refractivity contribution in [3.63, 3.8) is 0 Å². The number of rotatable bonds is 6. The van der Waals surface area contributed by atoms with Gasteiger partial charge in [0, 0.05) is 21.6 Å². The van der Waals surface area contributed by atoms with Gasteiger partial charge in [-0.1, -0.05) is 27.7 Å². The number of nitrogens with zero attached hydrogens (tertiary/aromatic N) is 2. The SMILES string of the molecule is COc1cc2[nH]c3c(SCC(=O)Nc4ccc(Br)c(C)c4)ncnc3c2cc1OC. The molecule has 154 valence electrons. The molecule has 2 aromatic heterocycles. The number of nitrogens with one attached hydrogen (secondary N) is 2. The van der Waals surface area contributed by atoms with Gasteiger partial charge in [-0.05, 0) is 36.8 Å². The van der Waals surface area contributed by atoms with Crippen LogP contribution in [0.2, 0.25) is 0 Å². The summed E-state index contributed by atoms with van der Waals surface area (Å²) in [5.74, 6) is 1.38. The number of aromatic amines is 1. The number of hydrogen-bond acceptors (Lipinski definition) is 6. The lowest BCUT2D eigenvalue weighted by atomic mass is 10.2. The number of ether oxygens (including phenoxy) is 2. The van der Waals surface area contributed by atoms with E-state index in [0.29, 0.717) is 16.5 Å². The van der Waals surface area contributed by atoms with E-state index >= 15 is 0 Å². The first-order chi connectivity index (χ1) is 14.5. The summed E-state index contributed by atoms with van der Waals surface area (Å²) in [5, 5.41) is 4.53. The highest BCUT2D eigenvalue weighted by atomic mass is 79.9. The Balaban J connectivity index is 1.58. The summed E-state index contributed by atoms with van der Waals surface area (Å²) in [5.41, 5.74) is 4.23. The smallest absolute Gasteiger partial charge is 0.234 e. The number of aryl methyl sites for hydroxylation is 1. The van der Waals surface area contributed by atoms with Crippen LogP contribution in [0.5, 0.6) is 11.5 Å². The average molecular weight is 487 g/mol. The lowest BCUT2D eigenvalue weighted by molar-refractivity contribution is -0.113. The number of H-pyrrole nitrogens is 1. The van der Waals surface area contributed by atoms with Gasteiger partial charge in [0.05, 0.1) is 31.0 Å². The number of methoxy groups -OCH3 is 2. The molecule has 2 heterocycles. The minimum atomic E-state index is -0.104. The second-order valence-electron chi connectivity index (χ2n) is 6.58. The van der Waals surface area contributed by atoms with E-state index in [2.05, 4.69) is 36.2 Å². The fourth-order valence-corrected chi connectivity index (χ4v) is 4.16. The van der Waals surface area contributed by atoms with Crippen molar-refractivity contribution in [1.82, 2.24) is 15.0 Å². The molecule has 2 N–H and O–H groups in total. The number of hydrogen-bond donors (Lipinski definition) is 2. The summed E-state index contributed by atoms with van der Waals surface area (Å²) in [4.78, 5) is 24.5. The zero-order chi connectivity index (χ0) is 21.3.